The second kappa shape index (κ2) is 9.65. The number of nitrogens with zero attached hydrogens (tertiary/aromatic N) is 3. The van der Waals surface area contributed by atoms with E-state index in [0.29, 0.717) is 12.5 Å². The third-order valence-electron chi connectivity index (χ3n) is 6.74. The number of rotatable bonds is 5. The van der Waals surface area contributed by atoms with Gasteiger partial charge in [-0.2, -0.15) is 0 Å². The minimum absolute atomic E-state index is 0.0494. The number of fused-ring (bicyclic) bond motifs is 1. The summed E-state index contributed by atoms with van der Waals surface area (Å²) in [6, 6.07) is 17.9. The first-order valence-corrected chi connectivity index (χ1v) is 11.4. The van der Waals surface area contributed by atoms with Crippen LogP contribution in [0.1, 0.15) is 42.5 Å². The summed E-state index contributed by atoms with van der Waals surface area (Å²) >= 11 is 0. The largest absolute Gasteiger partial charge is 0.341 e. The van der Waals surface area contributed by atoms with Crippen molar-refractivity contribution in [2.45, 2.75) is 38.8 Å². The van der Waals surface area contributed by atoms with Gasteiger partial charge in [-0.05, 0) is 41.9 Å². The van der Waals surface area contributed by atoms with Crippen LogP contribution in [0.5, 0.6) is 0 Å². The maximum atomic E-state index is 13.6. The molecule has 0 bridgehead atoms. The number of amides is 2. The first kappa shape index (κ1) is 21.6. The molecule has 5 nitrogen and oxygen atoms in total. The monoisotopic (exact) mass is 419 g/mol. The van der Waals surface area contributed by atoms with Gasteiger partial charge in [0.2, 0.25) is 11.8 Å². The molecule has 4 rings (SSSR count). The first-order chi connectivity index (χ1) is 15.0. The predicted molar refractivity (Wildman–Crippen MR) is 122 cm³/mol. The second-order valence-electron chi connectivity index (χ2n) is 9.07. The number of benzene rings is 2. The highest BCUT2D eigenvalue weighted by molar-refractivity contribution is 5.85. The Labute approximate surface area is 185 Å². The molecule has 0 aromatic heterocycles. The lowest BCUT2D eigenvalue weighted by atomic mass is 9.90. The van der Waals surface area contributed by atoms with Gasteiger partial charge in [0, 0.05) is 33.2 Å². The molecule has 0 spiro atoms. The van der Waals surface area contributed by atoms with Gasteiger partial charge >= 0.3 is 0 Å². The third kappa shape index (κ3) is 4.99. The van der Waals surface area contributed by atoms with Crippen LogP contribution in [0.15, 0.2) is 54.6 Å². The summed E-state index contributed by atoms with van der Waals surface area (Å²) in [5.41, 5.74) is 3.40. The Morgan fingerprint density at radius 2 is 1.65 bits per heavy atom. The minimum Gasteiger partial charge on any atom is -0.341 e. The Hall–Kier alpha value is -2.66. The van der Waals surface area contributed by atoms with Gasteiger partial charge in [-0.3, -0.25) is 14.5 Å². The fraction of sp³-hybridized carbons (Fsp3) is 0.462. The maximum Gasteiger partial charge on any atom is 0.244 e. The average Bonchev–Trinajstić information content (AvgIpc) is 2.79. The van der Waals surface area contributed by atoms with Crippen LogP contribution in [0.3, 0.4) is 0 Å². The number of carbonyl (C=O) groups is 2. The molecule has 31 heavy (non-hydrogen) atoms. The highest BCUT2D eigenvalue weighted by Gasteiger charge is 2.37. The number of likely N-dealkylation sites (N-methyl/N-ethyl adjacent to an activating group) is 1. The maximum absolute atomic E-state index is 13.6. The number of hydrogen-bond donors (Lipinski definition) is 0. The van der Waals surface area contributed by atoms with E-state index in [4.69, 9.17) is 0 Å². The molecule has 1 atom stereocenters. The number of piperidine rings is 1. The van der Waals surface area contributed by atoms with Crippen molar-refractivity contribution in [3.63, 3.8) is 0 Å². The first-order valence-electron chi connectivity index (χ1n) is 11.4. The zero-order valence-electron chi connectivity index (χ0n) is 18.7. The van der Waals surface area contributed by atoms with Crippen LogP contribution in [0.25, 0.3) is 0 Å². The van der Waals surface area contributed by atoms with Gasteiger partial charge < -0.3 is 9.80 Å². The molecular formula is C26H33N3O2. The Morgan fingerprint density at radius 1 is 0.968 bits per heavy atom. The van der Waals surface area contributed by atoms with Crippen molar-refractivity contribution in [3.05, 3.63) is 71.3 Å². The Bertz CT molecular complexity index is 906. The summed E-state index contributed by atoms with van der Waals surface area (Å²) in [5, 5.41) is 0. The molecule has 0 saturated carbocycles. The molecular weight excluding hydrogens is 386 g/mol. The van der Waals surface area contributed by atoms with Crippen LogP contribution in [-0.4, -0.2) is 59.7 Å². The van der Waals surface area contributed by atoms with Crippen molar-refractivity contribution in [2.24, 2.45) is 5.92 Å². The van der Waals surface area contributed by atoms with Gasteiger partial charge in [0.15, 0.2) is 0 Å². The molecule has 0 unspecified atom stereocenters. The molecule has 0 aliphatic carbocycles. The van der Waals surface area contributed by atoms with E-state index < -0.39 is 0 Å². The van der Waals surface area contributed by atoms with Gasteiger partial charge in [-0.15, -0.1) is 0 Å². The van der Waals surface area contributed by atoms with E-state index in [-0.39, 0.29) is 24.4 Å². The van der Waals surface area contributed by atoms with E-state index in [9.17, 15) is 9.59 Å². The van der Waals surface area contributed by atoms with E-state index in [1.54, 1.807) is 4.90 Å². The number of carbonyl (C=O) groups excluding carboxylic acids is 2. The van der Waals surface area contributed by atoms with Crippen LogP contribution >= 0.6 is 0 Å². The fourth-order valence-corrected chi connectivity index (χ4v) is 4.72. The molecule has 2 aliphatic rings. The van der Waals surface area contributed by atoms with E-state index in [0.717, 1.165) is 50.0 Å². The highest BCUT2D eigenvalue weighted by atomic mass is 16.2. The Kier molecular flexibility index (Phi) is 6.71. The Balaban J connectivity index is 1.51. The van der Waals surface area contributed by atoms with Crippen LogP contribution < -0.4 is 0 Å². The summed E-state index contributed by atoms with van der Waals surface area (Å²) < 4.78 is 0. The summed E-state index contributed by atoms with van der Waals surface area (Å²) in [4.78, 5) is 32.6. The summed E-state index contributed by atoms with van der Waals surface area (Å²) in [5.74, 6) is 0.873. The lowest BCUT2D eigenvalue weighted by Crippen LogP contribution is -2.50. The molecule has 2 aromatic carbocycles. The highest BCUT2D eigenvalue weighted by Crippen LogP contribution is 2.32. The molecule has 2 aromatic rings. The van der Waals surface area contributed by atoms with Crippen molar-refractivity contribution in [1.29, 1.82) is 0 Å². The number of likely N-dealkylation sites (tertiary alicyclic amines) is 1. The van der Waals surface area contributed by atoms with Crippen molar-refractivity contribution >= 4 is 11.8 Å². The van der Waals surface area contributed by atoms with Gasteiger partial charge in [-0.25, -0.2) is 0 Å². The van der Waals surface area contributed by atoms with Gasteiger partial charge in [0.25, 0.3) is 0 Å². The zero-order valence-corrected chi connectivity index (χ0v) is 18.7. The van der Waals surface area contributed by atoms with Crippen molar-refractivity contribution in [1.82, 2.24) is 14.7 Å². The average molecular weight is 420 g/mol. The number of hydrogen-bond acceptors (Lipinski definition) is 3. The van der Waals surface area contributed by atoms with Crippen LogP contribution in [0.2, 0.25) is 0 Å². The normalized spacial score (nSPS) is 19.7. The summed E-state index contributed by atoms with van der Waals surface area (Å²) in [7, 11) is 1.84. The topological polar surface area (TPSA) is 43.9 Å². The van der Waals surface area contributed by atoms with Crippen molar-refractivity contribution in [3.8, 4) is 0 Å². The lowest BCUT2D eigenvalue weighted by Gasteiger charge is -2.40. The Morgan fingerprint density at radius 3 is 2.39 bits per heavy atom. The summed E-state index contributed by atoms with van der Waals surface area (Å²) in [6.45, 7) is 5.45. The second-order valence-corrected chi connectivity index (χ2v) is 9.07. The van der Waals surface area contributed by atoms with Crippen molar-refractivity contribution < 1.29 is 9.59 Å². The molecule has 2 amide bonds. The molecule has 5 heteroatoms. The lowest BCUT2D eigenvalue weighted by molar-refractivity contribution is -0.141. The van der Waals surface area contributed by atoms with E-state index in [1.807, 2.05) is 54.4 Å². The van der Waals surface area contributed by atoms with Crippen LogP contribution in [-0.2, 0) is 22.6 Å². The van der Waals surface area contributed by atoms with Crippen molar-refractivity contribution in [2.75, 3.05) is 33.2 Å². The third-order valence-corrected chi connectivity index (χ3v) is 6.74. The molecule has 164 valence electrons. The van der Waals surface area contributed by atoms with E-state index >= 15 is 0 Å². The van der Waals surface area contributed by atoms with Crippen LogP contribution in [0.4, 0.5) is 0 Å². The molecule has 0 N–H and O–H groups in total. The molecule has 2 heterocycles. The standard InChI is InChI=1S/C26H33N3O2/c1-20-12-15-28(16-13-20)26(31)25-23-11-7-6-10-22(23)14-17-29(25)19-24(30)27(2)18-21-8-4-3-5-9-21/h3-11,20,25H,12-19H2,1-2H3/t25-/m1/s1. The van der Waals surface area contributed by atoms with E-state index in [2.05, 4.69) is 24.0 Å². The van der Waals surface area contributed by atoms with Gasteiger partial charge in [0.1, 0.15) is 6.04 Å². The molecule has 0 radical (unpaired) electrons. The van der Waals surface area contributed by atoms with Crippen LogP contribution in [0, 0.1) is 5.92 Å². The smallest absolute Gasteiger partial charge is 0.244 e. The van der Waals surface area contributed by atoms with Gasteiger partial charge in [0.05, 0.1) is 6.54 Å². The molecule has 2 aliphatic heterocycles. The minimum atomic E-state index is -0.368. The molecule has 1 fully saturated rings. The zero-order chi connectivity index (χ0) is 21.8. The predicted octanol–water partition coefficient (Wildman–Crippen LogP) is 3.50. The fourth-order valence-electron chi connectivity index (χ4n) is 4.72. The van der Waals surface area contributed by atoms with E-state index in [1.165, 1.54) is 5.56 Å². The summed E-state index contributed by atoms with van der Waals surface area (Å²) in [6.07, 6.45) is 2.98. The molecule has 1 saturated heterocycles. The van der Waals surface area contributed by atoms with Gasteiger partial charge in [-0.1, -0.05) is 61.5 Å². The quantitative estimate of drug-likeness (QED) is 0.745. The SMILES string of the molecule is CC1CCN(C(=O)[C@H]2c3ccccc3CCN2CC(=O)N(C)Cc2ccccc2)CC1.